The van der Waals surface area contributed by atoms with Gasteiger partial charge in [0.05, 0.1) is 11.0 Å². The van der Waals surface area contributed by atoms with Crippen LogP contribution in [-0.2, 0) is 16.0 Å². The molecule has 25 heavy (non-hydrogen) atoms. The van der Waals surface area contributed by atoms with Crippen LogP contribution in [0.2, 0.25) is 0 Å². The summed E-state index contributed by atoms with van der Waals surface area (Å²) in [5, 5.41) is 2.86. The van der Waals surface area contributed by atoms with Crippen LogP contribution in [0.25, 0.3) is 11.0 Å². The molecular formula is C19H26N4O2. The number of carbonyl (C=O) groups excluding carboxylic acids is 2. The average Bonchev–Trinajstić information content (AvgIpc) is 3.18. The topological polar surface area (TPSA) is 78.1 Å². The van der Waals surface area contributed by atoms with Gasteiger partial charge in [0.25, 0.3) is 0 Å². The molecule has 0 unspecified atom stereocenters. The highest BCUT2D eigenvalue weighted by Gasteiger charge is 2.38. The molecule has 1 fully saturated rings. The van der Waals surface area contributed by atoms with Crippen molar-refractivity contribution in [3.05, 3.63) is 30.1 Å². The van der Waals surface area contributed by atoms with E-state index in [0.717, 1.165) is 36.1 Å². The Kier molecular flexibility index (Phi) is 5.36. The van der Waals surface area contributed by atoms with E-state index in [1.165, 1.54) is 0 Å². The lowest BCUT2D eigenvalue weighted by Crippen LogP contribution is -2.33. The van der Waals surface area contributed by atoms with Gasteiger partial charge in [-0.3, -0.25) is 9.59 Å². The second kappa shape index (κ2) is 7.68. The summed E-state index contributed by atoms with van der Waals surface area (Å²) in [5.41, 5.74) is 2.02. The Morgan fingerprint density at radius 2 is 2.12 bits per heavy atom. The van der Waals surface area contributed by atoms with Crippen LogP contribution in [0.5, 0.6) is 0 Å². The molecule has 1 heterocycles. The first-order valence-electron chi connectivity index (χ1n) is 9.00. The maximum atomic E-state index is 12.1. The van der Waals surface area contributed by atoms with E-state index < -0.39 is 0 Å². The number of hydrogen-bond donors (Lipinski definition) is 2. The molecule has 3 rings (SSSR count). The molecule has 2 aromatic rings. The molecule has 1 saturated carbocycles. The standard InChI is InChI=1S/C19H26N4O2/c1-13-12-14(13)19(25)20-10-9-18(24)23(2)11-5-8-17-21-15-6-3-4-7-16(15)22-17/h3-4,6-7,13-14H,5,8-12H2,1-2H3,(H,20,25)(H,21,22)/t13-,14+/m0/s1. The Hall–Kier alpha value is -2.37. The Morgan fingerprint density at radius 3 is 2.84 bits per heavy atom. The fourth-order valence-electron chi connectivity index (χ4n) is 3.03. The van der Waals surface area contributed by atoms with Crippen LogP contribution in [0.1, 0.15) is 32.0 Å². The van der Waals surface area contributed by atoms with Crippen molar-refractivity contribution in [3.8, 4) is 0 Å². The number of benzene rings is 1. The smallest absolute Gasteiger partial charge is 0.224 e. The van der Waals surface area contributed by atoms with Crippen molar-refractivity contribution in [2.24, 2.45) is 11.8 Å². The summed E-state index contributed by atoms with van der Waals surface area (Å²) in [5.74, 6) is 1.77. The van der Waals surface area contributed by atoms with E-state index in [9.17, 15) is 9.59 Å². The van der Waals surface area contributed by atoms with E-state index >= 15 is 0 Å². The Labute approximate surface area is 148 Å². The van der Waals surface area contributed by atoms with E-state index in [-0.39, 0.29) is 17.7 Å². The maximum absolute atomic E-state index is 12.1. The highest BCUT2D eigenvalue weighted by molar-refractivity contribution is 5.82. The number of fused-ring (bicyclic) bond motifs is 1. The zero-order valence-electron chi connectivity index (χ0n) is 14.9. The number of nitrogens with one attached hydrogen (secondary N) is 2. The Bertz CT molecular complexity index is 722. The summed E-state index contributed by atoms with van der Waals surface area (Å²) in [6.07, 6.45) is 2.99. The van der Waals surface area contributed by atoms with Crippen LogP contribution in [0.15, 0.2) is 24.3 Å². The number of aromatic amines is 1. The number of nitrogens with zero attached hydrogens (tertiary/aromatic N) is 2. The van der Waals surface area contributed by atoms with Crippen LogP contribution in [0.3, 0.4) is 0 Å². The Balaban J connectivity index is 1.34. The first kappa shape index (κ1) is 17.5. The number of carbonyl (C=O) groups is 2. The normalized spacial score (nSPS) is 19.0. The van der Waals surface area contributed by atoms with Crippen molar-refractivity contribution in [1.29, 1.82) is 0 Å². The third-order valence-electron chi connectivity index (χ3n) is 4.86. The lowest BCUT2D eigenvalue weighted by atomic mass is 10.2. The minimum Gasteiger partial charge on any atom is -0.355 e. The number of amides is 2. The van der Waals surface area contributed by atoms with Gasteiger partial charge in [0, 0.05) is 38.9 Å². The van der Waals surface area contributed by atoms with Gasteiger partial charge in [-0.25, -0.2) is 4.98 Å². The monoisotopic (exact) mass is 342 g/mol. The van der Waals surface area contributed by atoms with Gasteiger partial charge in [-0.1, -0.05) is 19.1 Å². The third-order valence-corrected chi connectivity index (χ3v) is 4.86. The fraction of sp³-hybridized carbons (Fsp3) is 0.526. The summed E-state index contributed by atoms with van der Waals surface area (Å²) in [7, 11) is 1.81. The number of imidazole rings is 1. The number of hydrogen-bond acceptors (Lipinski definition) is 3. The van der Waals surface area contributed by atoms with E-state index in [4.69, 9.17) is 0 Å². The fourth-order valence-corrected chi connectivity index (χ4v) is 3.03. The van der Waals surface area contributed by atoms with Crippen molar-refractivity contribution < 1.29 is 9.59 Å². The third kappa shape index (κ3) is 4.59. The van der Waals surface area contributed by atoms with E-state index in [1.54, 1.807) is 4.90 Å². The molecule has 1 aromatic heterocycles. The lowest BCUT2D eigenvalue weighted by molar-refractivity contribution is -0.130. The summed E-state index contributed by atoms with van der Waals surface area (Å²) in [6.45, 7) is 3.18. The highest BCUT2D eigenvalue weighted by atomic mass is 16.2. The van der Waals surface area contributed by atoms with Gasteiger partial charge in [0.1, 0.15) is 5.82 Å². The first-order valence-corrected chi connectivity index (χ1v) is 9.00. The van der Waals surface area contributed by atoms with Gasteiger partial charge in [-0.15, -0.1) is 0 Å². The molecule has 1 aliphatic rings. The van der Waals surface area contributed by atoms with Gasteiger partial charge < -0.3 is 15.2 Å². The number of rotatable bonds is 8. The zero-order valence-corrected chi connectivity index (χ0v) is 14.9. The second-order valence-corrected chi connectivity index (χ2v) is 6.98. The molecular weight excluding hydrogens is 316 g/mol. The maximum Gasteiger partial charge on any atom is 0.224 e. The molecule has 1 aliphatic carbocycles. The summed E-state index contributed by atoms with van der Waals surface area (Å²) in [6, 6.07) is 7.96. The number of aromatic nitrogens is 2. The van der Waals surface area contributed by atoms with Gasteiger partial charge in [0.2, 0.25) is 11.8 Å². The summed E-state index contributed by atoms with van der Waals surface area (Å²) in [4.78, 5) is 33.4. The largest absolute Gasteiger partial charge is 0.355 e. The number of para-hydroxylation sites is 2. The summed E-state index contributed by atoms with van der Waals surface area (Å²) < 4.78 is 0. The van der Waals surface area contributed by atoms with Gasteiger partial charge in [0.15, 0.2) is 0 Å². The minimum atomic E-state index is 0.0637. The van der Waals surface area contributed by atoms with Crippen LogP contribution in [-0.4, -0.2) is 46.8 Å². The quantitative estimate of drug-likeness (QED) is 0.771. The molecule has 6 nitrogen and oxygen atoms in total. The molecule has 0 radical (unpaired) electrons. The Morgan fingerprint density at radius 1 is 1.36 bits per heavy atom. The first-order chi connectivity index (χ1) is 12.0. The zero-order chi connectivity index (χ0) is 17.8. The van der Waals surface area contributed by atoms with Gasteiger partial charge in [-0.2, -0.15) is 0 Å². The molecule has 134 valence electrons. The molecule has 6 heteroatoms. The van der Waals surface area contributed by atoms with Crippen LogP contribution < -0.4 is 5.32 Å². The SMILES string of the molecule is C[C@H]1C[C@H]1C(=O)NCCC(=O)N(C)CCCc1nc2ccccc2[nH]1. The molecule has 2 N–H and O–H groups in total. The predicted molar refractivity (Wildman–Crippen MR) is 96.9 cm³/mol. The second-order valence-electron chi connectivity index (χ2n) is 6.98. The van der Waals surface area contributed by atoms with Crippen molar-refractivity contribution in [3.63, 3.8) is 0 Å². The number of aryl methyl sites for hydroxylation is 1. The number of H-pyrrole nitrogens is 1. The molecule has 0 spiro atoms. The molecule has 0 saturated heterocycles. The van der Waals surface area contributed by atoms with Crippen LogP contribution in [0, 0.1) is 11.8 Å². The molecule has 2 atom stereocenters. The van der Waals surface area contributed by atoms with Crippen LogP contribution >= 0.6 is 0 Å². The van der Waals surface area contributed by atoms with Gasteiger partial charge in [-0.05, 0) is 30.9 Å². The van der Waals surface area contributed by atoms with Crippen molar-refractivity contribution >= 4 is 22.8 Å². The molecule has 0 bridgehead atoms. The van der Waals surface area contributed by atoms with Gasteiger partial charge >= 0.3 is 0 Å². The summed E-state index contributed by atoms with van der Waals surface area (Å²) >= 11 is 0. The molecule has 0 aliphatic heterocycles. The lowest BCUT2D eigenvalue weighted by Gasteiger charge is -2.17. The van der Waals surface area contributed by atoms with E-state index in [1.807, 2.05) is 31.3 Å². The van der Waals surface area contributed by atoms with Crippen LogP contribution in [0.4, 0.5) is 0 Å². The molecule has 2 amide bonds. The van der Waals surface area contributed by atoms with Crippen molar-refractivity contribution in [2.45, 2.75) is 32.6 Å². The minimum absolute atomic E-state index is 0.0637. The highest BCUT2D eigenvalue weighted by Crippen LogP contribution is 2.37. The van der Waals surface area contributed by atoms with E-state index in [0.29, 0.717) is 25.4 Å². The van der Waals surface area contributed by atoms with Crippen molar-refractivity contribution in [2.75, 3.05) is 20.1 Å². The van der Waals surface area contributed by atoms with E-state index in [2.05, 4.69) is 22.2 Å². The molecule has 1 aromatic carbocycles. The van der Waals surface area contributed by atoms with Crippen molar-refractivity contribution in [1.82, 2.24) is 20.2 Å². The predicted octanol–water partition coefficient (Wildman–Crippen LogP) is 2.12. The average molecular weight is 342 g/mol.